The Hall–Kier alpha value is -2.53. The summed E-state index contributed by atoms with van der Waals surface area (Å²) < 4.78 is 13.2. The molecule has 2 aromatic rings. The largest absolute Gasteiger partial charge is 0.307 e. The number of allylic oxidation sites excluding steroid dienone is 1. The van der Waals surface area contributed by atoms with E-state index in [0.29, 0.717) is 11.5 Å². The van der Waals surface area contributed by atoms with Gasteiger partial charge in [-0.15, -0.1) is 0 Å². The fourth-order valence-corrected chi connectivity index (χ4v) is 5.64. The van der Waals surface area contributed by atoms with Crippen molar-refractivity contribution < 1.29 is 4.39 Å². The van der Waals surface area contributed by atoms with Crippen LogP contribution >= 0.6 is 0 Å². The molecule has 160 valence electrons. The van der Waals surface area contributed by atoms with E-state index < -0.39 is 0 Å². The molecule has 0 bridgehead atoms. The standard InChI is InChI=1S/C26H28FN3O/c27-20-4-1-17(2-5-20)18-8-13-30(14-9-18)21-6-3-19(15-21)24-28-23-7-10-26(11-12-26)16-22(23)25(31)29-24/h1-2,4-5,8,15,21H,3,6-7,9-14,16H2,(H,28,29,31)/t21-/m0/s1. The lowest BCUT2D eigenvalue weighted by atomic mass is 9.84. The molecule has 4 nitrogen and oxygen atoms in total. The molecule has 1 aromatic carbocycles. The van der Waals surface area contributed by atoms with Crippen LogP contribution in [0.25, 0.3) is 11.1 Å². The van der Waals surface area contributed by atoms with Gasteiger partial charge in [0, 0.05) is 24.7 Å². The lowest BCUT2D eigenvalue weighted by Crippen LogP contribution is -2.36. The maximum Gasteiger partial charge on any atom is 0.254 e. The summed E-state index contributed by atoms with van der Waals surface area (Å²) in [6.07, 6.45) is 13.2. The van der Waals surface area contributed by atoms with Crippen LogP contribution in [-0.4, -0.2) is 34.0 Å². The van der Waals surface area contributed by atoms with E-state index in [-0.39, 0.29) is 11.4 Å². The van der Waals surface area contributed by atoms with Gasteiger partial charge in [0.15, 0.2) is 0 Å². The molecular formula is C26H28FN3O. The van der Waals surface area contributed by atoms with Crippen LogP contribution in [0, 0.1) is 11.2 Å². The quantitative estimate of drug-likeness (QED) is 0.799. The van der Waals surface area contributed by atoms with Crippen molar-refractivity contribution in [2.24, 2.45) is 5.41 Å². The van der Waals surface area contributed by atoms with Crippen molar-refractivity contribution in [3.8, 4) is 0 Å². The normalized spacial score (nSPS) is 24.6. The van der Waals surface area contributed by atoms with Crippen molar-refractivity contribution in [1.82, 2.24) is 14.9 Å². The second-order valence-corrected chi connectivity index (χ2v) is 9.80. The Morgan fingerprint density at radius 2 is 1.90 bits per heavy atom. The van der Waals surface area contributed by atoms with Gasteiger partial charge in [-0.05, 0) is 85.6 Å². The molecule has 1 N–H and O–H groups in total. The van der Waals surface area contributed by atoms with Crippen LogP contribution in [-0.2, 0) is 12.8 Å². The minimum Gasteiger partial charge on any atom is -0.307 e. The Labute approximate surface area is 181 Å². The second-order valence-electron chi connectivity index (χ2n) is 9.80. The zero-order valence-electron chi connectivity index (χ0n) is 17.8. The topological polar surface area (TPSA) is 49.0 Å². The zero-order valence-corrected chi connectivity index (χ0v) is 17.8. The molecule has 1 spiro atoms. The molecule has 5 heteroatoms. The molecule has 0 saturated heterocycles. The number of rotatable bonds is 3. The van der Waals surface area contributed by atoms with Gasteiger partial charge in [0.1, 0.15) is 11.6 Å². The van der Waals surface area contributed by atoms with Crippen molar-refractivity contribution in [1.29, 1.82) is 0 Å². The van der Waals surface area contributed by atoms with Gasteiger partial charge in [0.2, 0.25) is 0 Å². The van der Waals surface area contributed by atoms with E-state index in [9.17, 15) is 9.18 Å². The minimum absolute atomic E-state index is 0.0835. The molecule has 31 heavy (non-hydrogen) atoms. The third kappa shape index (κ3) is 3.59. The minimum atomic E-state index is -0.189. The van der Waals surface area contributed by atoms with Gasteiger partial charge < -0.3 is 4.98 Å². The highest BCUT2D eigenvalue weighted by Gasteiger charge is 2.45. The number of nitrogens with one attached hydrogen (secondary N) is 1. The smallest absolute Gasteiger partial charge is 0.254 e. The van der Waals surface area contributed by atoms with Gasteiger partial charge in [-0.1, -0.05) is 24.3 Å². The molecule has 1 fully saturated rings. The van der Waals surface area contributed by atoms with E-state index in [0.717, 1.165) is 67.8 Å². The number of hydrogen-bond donors (Lipinski definition) is 1. The van der Waals surface area contributed by atoms with Gasteiger partial charge in [0.25, 0.3) is 5.56 Å². The van der Waals surface area contributed by atoms with Crippen LogP contribution in [0.2, 0.25) is 0 Å². The van der Waals surface area contributed by atoms with Gasteiger partial charge in [-0.2, -0.15) is 0 Å². The second kappa shape index (κ2) is 7.27. The number of aromatic amines is 1. The monoisotopic (exact) mass is 417 g/mol. The summed E-state index contributed by atoms with van der Waals surface area (Å²) in [5, 5.41) is 0. The number of hydrogen-bond acceptors (Lipinski definition) is 3. The Bertz CT molecular complexity index is 1140. The average Bonchev–Trinajstić information content (AvgIpc) is 3.35. The average molecular weight is 418 g/mol. The van der Waals surface area contributed by atoms with E-state index >= 15 is 0 Å². The first kappa shape index (κ1) is 19.2. The molecule has 2 heterocycles. The molecule has 1 aliphatic heterocycles. The van der Waals surface area contributed by atoms with Crippen LogP contribution < -0.4 is 5.56 Å². The molecule has 6 rings (SSSR count). The maximum atomic E-state index is 13.2. The van der Waals surface area contributed by atoms with Gasteiger partial charge >= 0.3 is 0 Å². The van der Waals surface area contributed by atoms with Crippen LogP contribution in [0.1, 0.15) is 61.2 Å². The van der Waals surface area contributed by atoms with Crippen molar-refractivity contribution in [2.45, 2.75) is 57.4 Å². The summed E-state index contributed by atoms with van der Waals surface area (Å²) in [6, 6.07) is 7.19. The van der Waals surface area contributed by atoms with E-state index in [4.69, 9.17) is 4.98 Å². The van der Waals surface area contributed by atoms with E-state index in [1.54, 1.807) is 0 Å². The lowest BCUT2D eigenvalue weighted by Gasteiger charge is -2.30. The Kier molecular flexibility index (Phi) is 4.49. The maximum absolute atomic E-state index is 13.2. The first-order valence-corrected chi connectivity index (χ1v) is 11.6. The fraction of sp³-hybridized carbons (Fsp3) is 0.462. The highest BCUT2D eigenvalue weighted by molar-refractivity contribution is 5.67. The fourth-order valence-electron chi connectivity index (χ4n) is 5.64. The predicted molar refractivity (Wildman–Crippen MR) is 120 cm³/mol. The number of H-pyrrole nitrogens is 1. The molecule has 1 atom stereocenters. The summed E-state index contributed by atoms with van der Waals surface area (Å²) in [5.74, 6) is 0.601. The molecule has 3 aliphatic carbocycles. The Morgan fingerprint density at radius 3 is 2.65 bits per heavy atom. The first-order chi connectivity index (χ1) is 15.1. The number of aromatic nitrogens is 2. The number of fused-ring (bicyclic) bond motifs is 1. The molecule has 1 aromatic heterocycles. The summed E-state index contributed by atoms with van der Waals surface area (Å²) in [7, 11) is 0. The molecule has 1 saturated carbocycles. The Morgan fingerprint density at radius 1 is 1.06 bits per heavy atom. The SMILES string of the molecule is O=c1[nH]c(C2=C[C@@H](N3CC=C(c4ccc(F)cc4)CC3)CC2)nc2c1CC1(CC2)CC1. The highest BCUT2D eigenvalue weighted by Crippen LogP contribution is 2.53. The summed E-state index contributed by atoms with van der Waals surface area (Å²) in [5.41, 5.74) is 6.09. The zero-order chi connectivity index (χ0) is 21.0. The summed E-state index contributed by atoms with van der Waals surface area (Å²) >= 11 is 0. The van der Waals surface area contributed by atoms with Crippen LogP contribution in [0.15, 0.2) is 41.2 Å². The van der Waals surface area contributed by atoms with Crippen LogP contribution in [0.5, 0.6) is 0 Å². The molecule has 4 aliphatic rings. The van der Waals surface area contributed by atoms with Gasteiger partial charge in [-0.25, -0.2) is 9.37 Å². The van der Waals surface area contributed by atoms with Crippen molar-refractivity contribution in [3.63, 3.8) is 0 Å². The number of aryl methyl sites for hydroxylation is 1. The van der Waals surface area contributed by atoms with Crippen LogP contribution in [0.4, 0.5) is 4.39 Å². The van der Waals surface area contributed by atoms with Crippen molar-refractivity contribution in [2.75, 3.05) is 13.1 Å². The molecule has 0 unspecified atom stereocenters. The summed E-state index contributed by atoms with van der Waals surface area (Å²) in [6.45, 7) is 1.89. The molecule has 0 amide bonds. The van der Waals surface area contributed by atoms with Gasteiger partial charge in [0.05, 0.1) is 5.69 Å². The molecular weight excluding hydrogens is 389 g/mol. The predicted octanol–water partition coefficient (Wildman–Crippen LogP) is 4.51. The highest BCUT2D eigenvalue weighted by atomic mass is 19.1. The van der Waals surface area contributed by atoms with E-state index in [2.05, 4.69) is 22.0 Å². The third-order valence-corrected chi connectivity index (χ3v) is 7.83. The number of nitrogens with zero attached hydrogens (tertiary/aromatic N) is 2. The Balaban J connectivity index is 1.18. The van der Waals surface area contributed by atoms with E-state index in [1.165, 1.54) is 42.5 Å². The number of benzene rings is 1. The van der Waals surface area contributed by atoms with E-state index in [1.807, 2.05) is 12.1 Å². The van der Waals surface area contributed by atoms with Gasteiger partial charge in [-0.3, -0.25) is 9.69 Å². The van der Waals surface area contributed by atoms with Crippen LogP contribution in [0.3, 0.4) is 0 Å². The third-order valence-electron chi connectivity index (χ3n) is 7.83. The summed E-state index contributed by atoms with van der Waals surface area (Å²) in [4.78, 5) is 23.3. The van der Waals surface area contributed by atoms with Crippen molar-refractivity contribution in [3.05, 3.63) is 75.2 Å². The first-order valence-electron chi connectivity index (χ1n) is 11.6. The van der Waals surface area contributed by atoms with Crippen molar-refractivity contribution >= 4 is 11.1 Å². The lowest BCUT2D eigenvalue weighted by molar-refractivity contribution is 0.250. The molecule has 0 radical (unpaired) electrons. The number of halogens is 1.